The minimum atomic E-state index is -0.933. The van der Waals surface area contributed by atoms with Crippen molar-refractivity contribution >= 4 is 11.8 Å². The van der Waals surface area contributed by atoms with Gasteiger partial charge in [0.15, 0.2) is 11.4 Å². The Balaban J connectivity index is 1.63. The standard InChI is InChI=1S/C22H21FN4O3/c1-13-5-15(8-24)9-26-19(13)18(28)7-14-3-4-17(23)16(6-14)21(2)10-22(11-29-12-22)30-20(25)27-21/h3-6,9H,7,10-12H2,1-2H3,(H2,25,27)/t21-/m0/s1. The molecule has 0 amide bonds. The minimum absolute atomic E-state index is 0.00494. The summed E-state index contributed by atoms with van der Waals surface area (Å²) in [6, 6.07) is 8.20. The smallest absolute Gasteiger partial charge is 0.283 e. The van der Waals surface area contributed by atoms with E-state index in [0.29, 0.717) is 47.6 Å². The fourth-order valence-corrected chi connectivity index (χ4v) is 4.13. The lowest BCUT2D eigenvalue weighted by molar-refractivity contribution is -0.187. The van der Waals surface area contributed by atoms with Crippen molar-refractivity contribution in [2.45, 2.75) is 37.8 Å². The summed E-state index contributed by atoms with van der Waals surface area (Å²) >= 11 is 0. The maximum absolute atomic E-state index is 14.8. The van der Waals surface area contributed by atoms with Crippen LogP contribution in [0.2, 0.25) is 0 Å². The first kappa shape index (κ1) is 20.0. The molecule has 2 aliphatic rings. The Morgan fingerprint density at radius 2 is 2.13 bits per heavy atom. The van der Waals surface area contributed by atoms with E-state index in [2.05, 4.69) is 9.98 Å². The van der Waals surface area contributed by atoms with Crippen LogP contribution in [0.4, 0.5) is 4.39 Å². The van der Waals surface area contributed by atoms with Crippen molar-refractivity contribution in [1.29, 1.82) is 5.26 Å². The molecule has 0 aliphatic carbocycles. The van der Waals surface area contributed by atoms with Gasteiger partial charge in [-0.2, -0.15) is 5.26 Å². The lowest BCUT2D eigenvalue weighted by Gasteiger charge is -2.48. The number of aryl methyl sites for hydroxylation is 1. The molecule has 2 aromatic rings. The number of halogens is 1. The molecule has 2 aliphatic heterocycles. The van der Waals surface area contributed by atoms with Crippen LogP contribution in [0.3, 0.4) is 0 Å². The molecule has 1 spiro atoms. The SMILES string of the molecule is Cc1cc(C#N)cnc1C(=O)Cc1ccc(F)c([C@]2(C)CC3(COC3)OC(N)=N2)c1. The topological polar surface area (TPSA) is 111 Å². The average molecular weight is 408 g/mol. The number of benzene rings is 1. The second-order valence-corrected chi connectivity index (χ2v) is 8.09. The third-order valence-electron chi connectivity index (χ3n) is 5.52. The van der Waals surface area contributed by atoms with Crippen LogP contribution in [0.15, 0.2) is 35.5 Å². The number of nitriles is 1. The van der Waals surface area contributed by atoms with E-state index in [0.717, 1.165) is 0 Å². The number of hydrogen-bond acceptors (Lipinski definition) is 7. The van der Waals surface area contributed by atoms with E-state index in [1.54, 1.807) is 32.0 Å². The number of carbonyl (C=O) groups excluding carboxylic acids is 1. The zero-order valence-electron chi connectivity index (χ0n) is 16.7. The number of nitrogens with two attached hydrogens (primary N) is 1. The zero-order valence-corrected chi connectivity index (χ0v) is 16.7. The van der Waals surface area contributed by atoms with E-state index in [9.17, 15) is 9.18 Å². The monoisotopic (exact) mass is 408 g/mol. The molecular formula is C22H21FN4O3. The summed E-state index contributed by atoms with van der Waals surface area (Å²) in [7, 11) is 0. The van der Waals surface area contributed by atoms with E-state index in [4.69, 9.17) is 20.5 Å². The van der Waals surface area contributed by atoms with E-state index in [1.165, 1.54) is 12.3 Å². The summed E-state index contributed by atoms with van der Waals surface area (Å²) in [5.74, 6) is -0.631. The van der Waals surface area contributed by atoms with Crippen LogP contribution in [0, 0.1) is 24.1 Å². The quantitative estimate of drug-likeness (QED) is 0.779. The zero-order chi connectivity index (χ0) is 21.5. The van der Waals surface area contributed by atoms with Gasteiger partial charge in [-0.25, -0.2) is 9.38 Å². The van der Waals surface area contributed by atoms with Crippen LogP contribution in [0.5, 0.6) is 0 Å². The molecule has 1 aromatic carbocycles. The molecule has 154 valence electrons. The number of carbonyl (C=O) groups is 1. The number of hydrogen-bond donors (Lipinski definition) is 1. The maximum atomic E-state index is 14.8. The number of pyridine rings is 1. The van der Waals surface area contributed by atoms with Gasteiger partial charge < -0.3 is 15.2 Å². The number of rotatable bonds is 4. The van der Waals surface area contributed by atoms with Crippen molar-refractivity contribution in [3.05, 3.63) is 64.2 Å². The van der Waals surface area contributed by atoms with Gasteiger partial charge in [0.25, 0.3) is 6.02 Å². The predicted molar refractivity (Wildman–Crippen MR) is 106 cm³/mol. The molecule has 3 heterocycles. The van der Waals surface area contributed by atoms with Gasteiger partial charge in [-0.1, -0.05) is 6.07 Å². The molecule has 7 nitrogen and oxygen atoms in total. The molecule has 30 heavy (non-hydrogen) atoms. The molecule has 8 heteroatoms. The molecule has 0 radical (unpaired) electrons. The third kappa shape index (κ3) is 3.53. The Labute approximate surface area is 173 Å². The molecule has 2 N–H and O–H groups in total. The van der Waals surface area contributed by atoms with E-state index in [-0.39, 0.29) is 18.2 Å². The first-order valence-corrected chi connectivity index (χ1v) is 9.55. The van der Waals surface area contributed by atoms with Gasteiger partial charge in [-0.05, 0) is 43.2 Å². The Morgan fingerprint density at radius 3 is 2.77 bits per heavy atom. The van der Waals surface area contributed by atoms with Gasteiger partial charge >= 0.3 is 0 Å². The number of amidine groups is 1. The van der Waals surface area contributed by atoms with Gasteiger partial charge in [-0.15, -0.1) is 0 Å². The molecule has 0 bridgehead atoms. The van der Waals surface area contributed by atoms with Crippen LogP contribution < -0.4 is 5.73 Å². The molecule has 4 rings (SSSR count). The number of Topliss-reactive ketones (excluding diaryl/α,β-unsaturated/α-hetero) is 1. The summed E-state index contributed by atoms with van der Waals surface area (Å²) in [4.78, 5) is 21.3. The summed E-state index contributed by atoms with van der Waals surface area (Å²) in [6.45, 7) is 4.29. The lowest BCUT2D eigenvalue weighted by Crippen LogP contribution is -2.59. The largest absolute Gasteiger partial charge is 0.454 e. The van der Waals surface area contributed by atoms with Crippen molar-refractivity contribution in [2.75, 3.05) is 13.2 Å². The first-order chi connectivity index (χ1) is 14.2. The average Bonchev–Trinajstić information content (AvgIpc) is 2.67. The Kier molecular flexibility index (Phi) is 4.79. The van der Waals surface area contributed by atoms with Gasteiger partial charge in [0.05, 0.1) is 24.3 Å². The number of aliphatic imine (C=N–C) groups is 1. The van der Waals surface area contributed by atoms with Gasteiger partial charge in [0.2, 0.25) is 0 Å². The van der Waals surface area contributed by atoms with Gasteiger partial charge in [0.1, 0.15) is 17.6 Å². The molecule has 1 fully saturated rings. The van der Waals surface area contributed by atoms with Gasteiger partial charge in [-0.3, -0.25) is 9.78 Å². The molecule has 1 atom stereocenters. The second kappa shape index (κ2) is 7.18. The highest BCUT2D eigenvalue weighted by Crippen LogP contribution is 2.43. The fraction of sp³-hybridized carbons (Fsp3) is 0.364. The molecule has 0 unspecified atom stereocenters. The van der Waals surface area contributed by atoms with Gasteiger partial charge in [0, 0.05) is 24.6 Å². The van der Waals surface area contributed by atoms with Crippen molar-refractivity contribution in [2.24, 2.45) is 10.7 Å². The second-order valence-electron chi connectivity index (χ2n) is 8.09. The third-order valence-corrected chi connectivity index (χ3v) is 5.52. The van der Waals surface area contributed by atoms with E-state index >= 15 is 0 Å². The van der Waals surface area contributed by atoms with Crippen molar-refractivity contribution in [1.82, 2.24) is 4.98 Å². The van der Waals surface area contributed by atoms with E-state index < -0.39 is 17.0 Å². The van der Waals surface area contributed by atoms with E-state index in [1.807, 2.05) is 6.07 Å². The van der Waals surface area contributed by atoms with Crippen LogP contribution in [-0.2, 0) is 21.4 Å². The minimum Gasteiger partial charge on any atom is -0.454 e. The Morgan fingerprint density at radius 1 is 1.37 bits per heavy atom. The number of nitrogens with zero attached hydrogens (tertiary/aromatic N) is 3. The highest BCUT2D eigenvalue weighted by Gasteiger charge is 2.51. The van der Waals surface area contributed by atoms with Crippen LogP contribution >= 0.6 is 0 Å². The number of ether oxygens (including phenoxy) is 2. The van der Waals surface area contributed by atoms with Crippen molar-refractivity contribution in [3.63, 3.8) is 0 Å². The van der Waals surface area contributed by atoms with Crippen LogP contribution in [0.25, 0.3) is 0 Å². The number of ketones is 1. The molecule has 1 saturated heterocycles. The normalized spacial score (nSPS) is 21.9. The molecule has 1 aromatic heterocycles. The summed E-state index contributed by atoms with van der Waals surface area (Å²) in [5, 5.41) is 8.96. The Bertz CT molecular complexity index is 1100. The fourth-order valence-electron chi connectivity index (χ4n) is 4.13. The highest BCUT2D eigenvalue weighted by atomic mass is 19.1. The number of aromatic nitrogens is 1. The van der Waals surface area contributed by atoms with Crippen LogP contribution in [0.1, 0.15) is 46.1 Å². The molecular weight excluding hydrogens is 387 g/mol. The molecule has 0 saturated carbocycles. The highest BCUT2D eigenvalue weighted by molar-refractivity contribution is 5.97. The summed E-state index contributed by atoms with van der Waals surface area (Å²) in [5.41, 5.74) is 6.67. The maximum Gasteiger partial charge on any atom is 0.283 e. The summed E-state index contributed by atoms with van der Waals surface area (Å²) < 4.78 is 25.7. The van der Waals surface area contributed by atoms with Crippen LogP contribution in [-0.4, -0.2) is 35.6 Å². The first-order valence-electron chi connectivity index (χ1n) is 9.55. The summed E-state index contributed by atoms with van der Waals surface area (Å²) in [6.07, 6.45) is 1.84. The predicted octanol–water partition coefficient (Wildman–Crippen LogP) is 2.55. The Hall–Kier alpha value is -3.31. The van der Waals surface area contributed by atoms with Crippen molar-refractivity contribution < 1.29 is 18.7 Å². The lowest BCUT2D eigenvalue weighted by atomic mass is 9.78. The van der Waals surface area contributed by atoms with Crippen molar-refractivity contribution in [3.8, 4) is 6.07 Å².